The van der Waals surface area contributed by atoms with Crippen LogP contribution in [0.15, 0.2) is 24.5 Å². The molecule has 35 heavy (non-hydrogen) atoms. The summed E-state index contributed by atoms with van der Waals surface area (Å²) in [5.74, 6) is 0.844. The molecule has 10 heteroatoms. The van der Waals surface area contributed by atoms with Crippen LogP contribution >= 0.6 is 23.2 Å². The zero-order chi connectivity index (χ0) is 24.9. The molecule has 2 amide bonds. The van der Waals surface area contributed by atoms with Crippen LogP contribution in [0.5, 0.6) is 0 Å². The van der Waals surface area contributed by atoms with E-state index in [1.165, 1.54) is 6.33 Å². The van der Waals surface area contributed by atoms with Crippen molar-refractivity contribution in [3.8, 4) is 0 Å². The maximum Gasteiger partial charge on any atom is 0.272 e. The van der Waals surface area contributed by atoms with Gasteiger partial charge in [0.25, 0.3) is 5.91 Å². The van der Waals surface area contributed by atoms with Gasteiger partial charge in [0.2, 0.25) is 5.91 Å². The molecule has 0 atom stereocenters. The topological polar surface area (TPSA) is 90.5 Å². The highest BCUT2D eigenvalue weighted by molar-refractivity contribution is 6.42. The highest BCUT2D eigenvalue weighted by Crippen LogP contribution is 2.26. The first-order valence-electron chi connectivity index (χ1n) is 12.1. The highest BCUT2D eigenvalue weighted by atomic mass is 35.5. The van der Waals surface area contributed by atoms with Gasteiger partial charge in [0.05, 0.1) is 10.0 Å². The molecule has 2 aromatic rings. The van der Waals surface area contributed by atoms with Crippen molar-refractivity contribution in [2.75, 3.05) is 38.5 Å². The smallest absolute Gasteiger partial charge is 0.272 e. The Hall–Kier alpha value is -2.42. The molecule has 1 aromatic carbocycles. The van der Waals surface area contributed by atoms with Crippen molar-refractivity contribution in [2.45, 2.75) is 45.2 Å². The van der Waals surface area contributed by atoms with E-state index in [4.69, 9.17) is 23.2 Å². The van der Waals surface area contributed by atoms with Crippen LogP contribution in [0.25, 0.3) is 0 Å². The zero-order valence-corrected chi connectivity index (χ0v) is 21.7. The summed E-state index contributed by atoms with van der Waals surface area (Å²) in [5, 5.41) is 7.06. The Bertz CT molecular complexity index is 1070. The minimum atomic E-state index is -0.0562. The van der Waals surface area contributed by atoms with Crippen LogP contribution in [-0.2, 0) is 11.3 Å². The zero-order valence-electron chi connectivity index (χ0n) is 20.2. The van der Waals surface area contributed by atoms with Crippen LogP contribution in [0.2, 0.25) is 10.0 Å². The summed E-state index contributed by atoms with van der Waals surface area (Å²) >= 11 is 12.1. The molecule has 0 bridgehead atoms. The molecule has 0 saturated carbocycles. The molecule has 0 radical (unpaired) electrons. The lowest BCUT2D eigenvalue weighted by Crippen LogP contribution is -2.50. The summed E-state index contributed by atoms with van der Waals surface area (Å²) in [4.78, 5) is 38.2. The van der Waals surface area contributed by atoms with Gasteiger partial charge in [-0.15, -0.1) is 0 Å². The lowest BCUT2D eigenvalue weighted by molar-refractivity contribution is -0.126. The fraction of sp³-hybridized carbons (Fsp3) is 0.520. The van der Waals surface area contributed by atoms with Gasteiger partial charge in [-0.3, -0.25) is 9.59 Å². The number of halogens is 2. The molecule has 2 fully saturated rings. The number of benzene rings is 1. The van der Waals surface area contributed by atoms with Gasteiger partial charge in [-0.1, -0.05) is 29.3 Å². The number of carbonyl (C=O) groups is 2. The van der Waals surface area contributed by atoms with Gasteiger partial charge in [0.1, 0.15) is 17.8 Å². The van der Waals surface area contributed by atoms with E-state index >= 15 is 0 Å². The number of nitrogens with zero attached hydrogens (tertiary/aromatic N) is 4. The second-order valence-electron chi connectivity index (χ2n) is 9.25. The number of carbonyl (C=O) groups excluding carboxylic acids is 2. The Morgan fingerprint density at radius 2 is 1.74 bits per heavy atom. The molecule has 2 aliphatic rings. The van der Waals surface area contributed by atoms with Crippen LogP contribution < -0.4 is 10.6 Å². The summed E-state index contributed by atoms with van der Waals surface area (Å²) in [6.07, 6.45) is 5.10. The Morgan fingerprint density at radius 3 is 2.40 bits per heavy atom. The first-order chi connectivity index (χ1) is 16.9. The van der Waals surface area contributed by atoms with E-state index in [0.717, 1.165) is 49.9 Å². The summed E-state index contributed by atoms with van der Waals surface area (Å²) in [5.41, 5.74) is 2.13. The van der Waals surface area contributed by atoms with Crippen molar-refractivity contribution in [3.05, 3.63) is 51.4 Å². The third-order valence-electron chi connectivity index (χ3n) is 7.15. The van der Waals surface area contributed by atoms with Crippen LogP contribution in [0.4, 0.5) is 5.82 Å². The number of amides is 2. The van der Waals surface area contributed by atoms with E-state index in [1.807, 2.05) is 24.0 Å². The molecule has 188 valence electrons. The molecule has 2 N–H and O–H groups in total. The van der Waals surface area contributed by atoms with Crippen molar-refractivity contribution in [1.29, 1.82) is 0 Å². The summed E-state index contributed by atoms with van der Waals surface area (Å²) in [6, 6.07) is 5.93. The summed E-state index contributed by atoms with van der Waals surface area (Å²) in [7, 11) is 1.70. The number of aromatic nitrogens is 2. The molecule has 4 rings (SSSR count). The van der Waals surface area contributed by atoms with Crippen LogP contribution in [-0.4, -0.2) is 70.9 Å². The summed E-state index contributed by atoms with van der Waals surface area (Å²) < 4.78 is 0. The predicted molar refractivity (Wildman–Crippen MR) is 138 cm³/mol. The third-order valence-corrected chi connectivity index (χ3v) is 7.88. The normalized spacial score (nSPS) is 17.9. The fourth-order valence-corrected chi connectivity index (χ4v) is 5.31. The number of rotatable bonds is 6. The first-order valence-corrected chi connectivity index (χ1v) is 12.9. The third kappa shape index (κ3) is 6.05. The highest BCUT2D eigenvalue weighted by Gasteiger charge is 2.32. The first kappa shape index (κ1) is 25.7. The van der Waals surface area contributed by atoms with E-state index in [0.29, 0.717) is 47.2 Å². The molecular weight excluding hydrogens is 487 g/mol. The lowest BCUT2D eigenvalue weighted by Gasteiger charge is -2.41. The SMILES string of the molecule is CNC(=O)C1CCN(C2CCN(C(=O)c3ncnc(NCc4ccc(Cl)c(Cl)c4)c3C)CC2)CC1. The van der Waals surface area contributed by atoms with Crippen LogP contribution in [0.1, 0.15) is 47.3 Å². The standard InChI is InChI=1S/C25H32Cl2N6O2/c1-16-22(30-15-31-23(16)29-14-17-3-4-20(26)21(27)13-17)25(35)33-11-7-19(8-12-33)32-9-5-18(6-10-32)24(34)28-2/h3-4,13,15,18-19H,5-12,14H2,1-2H3,(H,28,34)(H,29,30,31). The molecule has 2 saturated heterocycles. The Kier molecular flexibility index (Phi) is 8.46. The number of hydrogen-bond donors (Lipinski definition) is 2. The quantitative estimate of drug-likeness (QED) is 0.604. The molecule has 3 heterocycles. The lowest BCUT2D eigenvalue weighted by atomic mass is 9.93. The molecule has 1 aromatic heterocycles. The van der Waals surface area contributed by atoms with E-state index in [2.05, 4.69) is 25.5 Å². The van der Waals surface area contributed by atoms with Gasteiger partial charge in [-0.05, 0) is 63.4 Å². The van der Waals surface area contributed by atoms with Gasteiger partial charge in [-0.25, -0.2) is 9.97 Å². The van der Waals surface area contributed by atoms with Crippen molar-refractivity contribution in [2.24, 2.45) is 5.92 Å². The number of hydrogen-bond acceptors (Lipinski definition) is 6. The maximum absolute atomic E-state index is 13.3. The van der Waals surface area contributed by atoms with Crippen molar-refractivity contribution in [3.63, 3.8) is 0 Å². The molecule has 0 spiro atoms. The van der Waals surface area contributed by atoms with Gasteiger partial charge >= 0.3 is 0 Å². The molecule has 0 unspecified atom stereocenters. The predicted octanol–water partition coefficient (Wildman–Crippen LogP) is 3.77. The van der Waals surface area contributed by atoms with Gasteiger partial charge in [-0.2, -0.15) is 0 Å². The average molecular weight is 519 g/mol. The molecule has 0 aliphatic carbocycles. The number of piperidine rings is 2. The minimum Gasteiger partial charge on any atom is -0.366 e. The van der Waals surface area contributed by atoms with E-state index in [1.54, 1.807) is 13.1 Å². The van der Waals surface area contributed by atoms with Crippen LogP contribution in [0.3, 0.4) is 0 Å². The number of likely N-dealkylation sites (tertiary alicyclic amines) is 2. The van der Waals surface area contributed by atoms with E-state index < -0.39 is 0 Å². The van der Waals surface area contributed by atoms with Crippen LogP contribution in [0, 0.1) is 12.8 Å². The largest absolute Gasteiger partial charge is 0.366 e. The molecule has 2 aliphatic heterocycles. The van der Waals surface area contributed by atoms with E-state index in [-0.39, 0.29) is 17.7 Å². The Labute approximate surface area is 216 Å². The minimum absolute atomic E-state index is 0.0562. The Morgan fingerprint density at radius 1 is 1.03 bits per heavy atom. The average Bonchev–Trinajstić information content (AvgIpc) is 2.89. The molecule has 8 nitrogen and oxygen atoms in total. The van der Waals surface area contributed by atoms with Crippen molar-refractivity contribution >= 4 is 40.8 Å². The second-order valence-corrected chi connectivity index (χ2v) is 10.1. The monoisotopic (exact) mass is 518 g/mol. The van der Waals surface area contributed by atoms with Gasteiger partial charge in [0.15, 0.2) is 0 Å². The van der Waals surface area contributed by atoms with Crippen molar-refractivity contribution < 1.29 is 9.59 Å². The number of anilines is 1. The fourth-order valence-electron chi connectivity index (χ4n) is 4.99. The van der Waals surface area contributed by atoms with Crippen molar-refractivity contribution in [1.82, 2.24) is 25.1 Å². The van der Waals surface area contributed by atoms with E-state index in [9.17, 15) is 9.59 Å². The number of nitrogens with one attached hydrogen (secondary N) is 2. The van der Waals surface area contributed by atoms with Gasteiger partial charge in [0, 0.05) is 44.2 Å². The Balaban J connectivity index is 1.32. The summed E-state index contributed by atoms with van der Waals surface area (Å²) in [6.45, 7) is 5.66. The maximum atomic E-state index is 13.3. The van der Waals surface area contributed by atoms with Gasteiger partial charge < -0.3 is 20.4 Å². The second kappa shape index (κ2) is 11.5. The molecular formula is C25H32Cl2N6O2.